The Morgan fingerprint density at radius 3 is 2.71 bits per heavy atom. The Morgan fingerprint density at radius 2 is 2.07 bits per heavy atom. The molecule has 0 spiro atoms. The number of amides is 1. The first kappa shape index (κ1) is 8.72. The molecule has 1 heterocycles. The van der Waals surface area contributed by atoms with Crippen molar-refractivity contribution in [3.05, 3.63) is 29.3 Å². The predicted molar refractivity (Wildman–Crippen MR) is 45.8 cm³/mol. The van der Waals surface area contributed by atoms with Crippen molar-refractivity contribution in [2.45, 2.75) is 4.90 Å². The summed E-state index contributed by atoms with van der Waals surface area (Å²) < 4.78 is 24.4. The second-order valence-corrected chi connectivity index (χ2v) is 4.38. The summed E-state index contributed by atoms with van der Waals surface area (Å²) in [5, 5.41) is 8.66. The smallest absolute Gasteiger partial charge is 0.267 e. The maximum Gasteiger partial charge on any atom is 0.267 e. The van der Waals surface area contributed by atoms with Crippen LogP contribution in [0.3, 0.4) is 0 Å². The van der Waals surface area contributed by atoms with Gasteiger partial charge in [0.15, 0.2) is 0 Å². The number of fused-ring (bicyclic) bond motifs is 1. The first-order chi connectivity index (χ1) is 6.56. The van der Waals surface area contributed by atoms with E-state index < -0.39 is 15.9 Å². The van der Waals surface area contributed by atoms with E-state index in [1.165, 1.54) is 18.2 Å². The van der Waals surface area contributed by atoms with E-state index in [1.54, 1.807) is 6.07 Å². The molecule has 0 saturated heterocycles. The van der Waals surface area contributed by atoms with Crippen LogP contribution in [0.2, 0.25) is 0 Å². The van der Waals surface area contributed by atoms with Gasteiger partial charge in [-0.15, -0.1) is 0 Å². The maximum atomic E-state index is 11.3. The van der Waals surface area contributed by atoms with E-state index in [1.807, 2.05) is 4.72 Å². The summed E-state index contributed by atoms with van der Waals surface area (Å²) >= 11 is 0. The molecule has 1 aromatic carbocycles. The van der Waals surface area contributed by atoms with Crippen LogP contribution in [0.4, 0.5) is 0 Å². The Bertz CT molecular complexity index is 569. The third-order valence-electron chi connectivity index (χ3n) is 1.89. The lowest BCUT2D eigenvalue weighted by molar-refractivity contribution is 0.0985. The molecule has 0 saturated carbocycles. The fourth-order valence-corrected chi connectivity index (χ4v) is 2.50. The zero-order valence-corrected chi connectivity index (χ0v) is 7.63. The van der Waals surface area contributed by atoms with Crippen LogP contribution in [0.15, 0.2) is 23.1 Å². The molecular formula is C8H4N2O3S. The number of carbonyl (C=O) groups excluding carboxylic acids is 1. The molecule has 0 bridgehead atoms. The van der Waals surface area contributed by atoms with Crippen molar-refractivity contribution in [1.82, 2.24) is 4.72 Å². The van der Waals surface area contributed by atoms with Crippen molar-refractivity contribution < 1.29 is 13.2 Å². The molecule has 1 aromatic rings. The number of nitriles is 1. The number of hydrogen-bond acceptors (Lipinski definition) is 4. The van der Waals surface area contributed by atoms with E-state index in [2.05, 4.69) is 0 Å². The average molecular weight is 208 g/mol. The Kier molecular flexibility index (Phi) is 1.59. The molecule has 1 aliphatic rings. The van der Waals surface area contributed by atoms with Gasteiger partial charge >= 0.3 is 0 Å². The van der Waals surface area contributed by atoms with Crippen LogP contribution in [0, 0.1) is 11.3 Å². The average Bonchev–Trinajstić information content (AvgIpc) is 2.38. The van der Waals surface area contributed by atoms with Crippen LogP contribution in [0.5, 0.6) is 0 Å². The topological polar surface area (TPSA) is 87.0 Å². The molecular weight excluding hydrogens is 204 g/mol. The number of sulfonamides is 1. The van der Waals surface area contributed by atoms with Gasteiger partial charge in [0.25, 0.3) is 15.9 Å². The quantitative estimate of drug-likeness (QED) is 0.649. The number of benzene rings is 1. The van der Waals surface area contributed by atoms with Gasteiger partial charge in [0.1, 0.15) is 11.0 Å². The van der Waals surface area contributed by atoms with Crippen LogP contribution < -0.4 is 4.72 Å². The van der Waals surface area contributed by atoms with E-state index >= 15 is 0 Å². The summed E-state index contributed by atoms with van der Waals surface area (Å²) in [7, 11) is -3.74. The van der Waals surface area contributed by atoms with Gasteiger partial charge in [0.05, 0.1) is 11.1 Å². The molecule has 70 valence electrons. The molecule has 0 radical (unpaired) electrons. The number of hydrogen-bond donors (Lipinski definition) is 1. The lowest BCUT2D eigenvalue weighted by Gasteiger charge is -1.94. The monoisotopic (exact) mass is 208 g/mol. The standard InChI is InChI=1S/C8H4N2O3S/c9-4-5-2-1-3-6-7(5)8(11)10-14(6,12)13/h1-3H,(H,10,11). The molecule has 1 N–H and O–H groups in total. The Morgan fingerprint density at radius 1 is 1.36 bits per heavy atom. The third-order valence-corrected chi connectivity index (χ3v) is 3.26. The summed E-state index contributed by atoms with van der Waals surface area (Å²) in [4.78, 5) is 11.1. The third kappa shape index (κ3) is 0.995. The van der Waals surface area contributed by atoms with E-state index in [9.17, 15) is 13.2 Å². The molecule has 1 amide bonds. The van der Waals surface area contributed by atoms with Crippen LogP contribution in [0.1, 0.15) is 15.9 Å². The van der Waals surface area contributed by atoms with E-state index in [0.717, 1.165) is 0 Å². The van der Waals surface area contributed by atoms with Gasteiger partial charge in [-0.1, -0.05) is 6.07 Å². The summed E-state index contributed by atoms with van der Waals surface area (Å²) in [5.41, 5.74) is 0.0103. The largest absolute Gasteiger partial charge is 0.268 e. The minimum atomic E-state index is -3.74. The molecule has 0 atom stereocenters. The zero-order valence-electron chi connectivity index (χ0n) is 6.81. The van der Waals surface area contributed by atoms with Crippen LogP contribution >= 0.6 is 0 Å². The van der Waals surface area contributed by atoms with Gasteiger partial charge in [-0.2, -0.15) is 5.26 Å². The molecule has 0 fully saturated rings. The summed E-state index contributed by atoms with van der Waals surface area (Å²) in [6, 6.07) is 5.89. The number of nitrogens with zero attached hydrogens (tertiary/aromatic N) is 1. The van der Waals surface area contributed by atoms with E-state index in [-0.39, 0.29) is 16.0 Å². The highest BCUT2D eigenvalue weighted by Crippen LogP contribution is 2.24. The second-order valence-electron chi connectivity index (χ2n) is 2.73. The minimum Gasteiger partial charge on any atom is -0.268 e. The molecule has 5 nitrogen and oxygen atoms in total. The van der Waals surface area contributed by atoms with Crippen molar-refractivity contribution in [3.8, 4) is 6.07 Å². The number of nitrogens with one attached hydrogen (secondary N) is 1. The molecule has 2 rings (SSSR count). The second kappa shape index (κ2) is 2.56. The van der Waals surface area contributed by atoms with Gasteiger partial charge in [-0.25, -0.2) is 13.1 Å². The lowest BCUT2D eigenvalue weighted by Crippen LogP contribution is -2.20. The first-order valence-electron chi connectivity index (χ1n) is 3.66. The van der Waals surface area contributed by atoms with Gasteiger partial charge in [-0.3, -0.25) is 4.79 Å². The Balaban J connectivity index is 2.89. The van der Waals surface area contributed by atoms with Crippen molar-refractivity contribution in [1.29, 1.82) is 5.26 Å². The van der Waals surface area contributed by atoms with Gasteiger partial charge in [0.2, 0.25) is 0 Å². The van der Waals surface area contributed by atoms with Crippen LogP contribution in [0.25, 0.3) is 0 Å². The zero-order chi connectivity index (χ0) is 10.3. The van der Waals surface area contributed by atoms with Gasteiger partial charge in [0, 0.05) is 0 Å². The molecule has 0 aromatic heterocycles. The SMILES string of the molecule is N#Cc1cccc2c1C(=O)NS2(=O)=O. The van der Waals surface area contributed by atoms with Crippen molar-refractivity contribution >= 4 is 15.9 Å². The fraction of sp³-hybridized carbons (Fsp3) is 0. The molecule has 6 heteroatoms. The number of rotatable bonds is 0. The normalized spacial score (nSPS) is 16.9. The minimum absolute atomic E-state index is 0.0602. The maximum absolute atomic E-state index is 11.3. The van der Waals surface area contributed by atoms with Crippen LogP contribution in [-0.4, -0.2) is 14.3 Å². The van der Waals surface area contributed by atoms with E-state index in [0.29, 0.717) is 0 Å². The predicted octanol–water partition coefficient (Wildman–Crippen LogP) is -0.00962. The van der Waals surface area contributed by atoms with Gasteiger partial charge < -0.3 is 0 Å². The highest BCUT2D eigenvalue weighted by molar-refractivity contribution is 7.90. The molecule has 1 aliphatic heterocycles. The summed E-state index contributed by atoms with van der Waals surface area (Å²) in [6.45, 7) is 0. The van der Waals surface area contributed by atoms with E-state index in [4.69, 9.17) is 5.26 Å². The molecule has 0 unspecified atom stereocenters. The van der Waals surface area contributed by atoms with Crippen molar-refractivity contribution in [3.63, 3.8) is 0 Å². The molecule has 0 aliphatic carbocycles. The highest BCUT2D eigenvalue weighted by Gasteiger charge is 2.34. The Labute approximate surface area is 80.0 Å². The lowest BCUT2D eigenvalue weighted by atomic mass is 10.1. The van der Waals surface area contributed by atoms with Gasteiger partial charge in [-0.05, 0) is 12.1 Å². The molecule has 14 heavy (non-hydrogen) atoms. The van der Waals surface area contributed by atoms with Crippen molar-refractivity contribution in [2.75, 3.05) is 0 Å². The summed E-state index contributed by atoms with van der Waals surface area (Å²) in [6.07, 6.45) is 0. The Hall–Kier alpha value is -1.87. The fourth-order valence-electron chi connectivity index (χ4n) is 1.31. The van der Waals surface area contributed by atoms with Crippen molar-refractivity contribution in [2.24, 2.45) is 0 Å². The summed E-state index contributed by atoms with van der Waals surface area (Å²) in [5.74, 6) is -0.739. The first-order valence-corrected chi connectivity index (χ1v) is 5.15. The van der Waals surface area contributed by atoms with Crippen LogP contribution in [-0.2, 0) is 10.0 Å². The number of carbonyl (C=O) groups is 1. The highest BCUT2D eigenvalue weighted by atomic mass is 32.2.